The molecule has 0 radical (unpaired) electrons. The fraction of sp³-hybridized carbons (Fsp3) is 0.407. The lowest BCUT2D eigenvalue weighted by Crippen LogP contribution is -2.33. The monoisotopic (exact) mass is 553 g/mol. The topological polar surface area (TPSA) is 170 Å². The van der Waals surface area contributed by atoms with Gasteiger partial charge >= 0.3 is 12.1 Å². The highest BCUT2D eigenvalue weighted by Crippen LogP contribution is 2.34. The molecule has 0 saturated heterocycles. The van der Waals surface area contributed by atoms with Gasteiger partial charge in [0.15, 0.2) is 5.82 Å². The Morgan fingerprint density at radius 1 is 1.05 bits per heavy atom. The molecule has 3 amide bonds. The fourth-order valence-electron chi connectivity index (χ4n) is 3.83. The Morgan fingerprint density at radius 3 is 2.38 bits per heavy atom. The van der Waals surface area contributed by atoms with Crippen molar-refractivity contribution in [2.45, 2.75) is 53.5 Å². The Balaban J connectivity index is 2.14. The highest BCUT2D eigenvalue weighted by atomic mass is 16.7. The number of hydrogen-bond donors (Lipinski definition) is 3. The van der Waals surface area contributed by atoms with Crippen molar-refractivity contribution in [3.8, 4) is 0 Å². The van der Waals surface area contributed by atoms with Gasteiger partial charge in [0, 0.05) is 24.8 Å². The van der Waals surface area contributed by atoms with Crippen molar-refractivity contribution in [3.05, 3.63) is 53.0 Å². The third kappa shape index (κ3) is 6.72. The number of aromatic nitrogens is 3. The molecule has 0 aliphatic rings. The summed E-state index contributed by atoms with van der Waals surface area (Å²) in [4.78, 5) is 56.5. The van der Waals surface area contributed by atoms with Crippen molar-refractivity contribution in [1.82, 2.24) is 25.2 Å². The average molecular weight is 554 g/mol. The number of carbonyl (C=O) groups is 4. The molecule has 13 nitrogen and oxygen atoms in total. The van der Waals surface area contributed by atoms with Crippen molar-refractivity contribution in [2.24, 2.45) is 5.73 Å². The summed E-state index contributed by atoms with van der Waals surface area (Å²) in [7, 11) is 0. The van der Waals surface area contributed by atoms with Crippen LogP contribution in [0.2, 0.25) is 0 Å². The van der Waals surface area contributed by atoms with Gasteiger partial charge in [-0.2, -0.15) is 5.10 Å². The smallest absolute Gasteiger partial charge is 0.423 e. The van der Waals surface area contributed by atoms with Crippen LogP contribution in [-0.4, -0.2) is 64.4 Å². The van der Waals surface area contributed by atoms with Crippen LogP contribution in [0.1, 0.15) is 65.5 Å². The molecule has 0 spiro atoms. The van der Waals surface area contributed by atoms with Gasteiger partial charge in [0.05, 0.1) is 11.3 Å². The van der Waals surface area contributed by atoms with Crippen LogP contribution in [0.15, 0.2) is 30.7 Å². The minimum atomic E-state index is -0.940. The minimum absolute atomic E-state index is 0.0970. The second-order valence-electron chi connectivity index (χ2n) is 9.17. The van der Waals surface area contributed by atoms with Crippen molar-refractivity contribution in [2.75, 3.05) is 24.8 Å². The molecule has 1 atom stereocenters. The molecule has 3 rings (SSSR count). The molecule has 0 bridgehead atoms. The van der Waals surface area contributed by atoms with Gasteiger partial charge in [0.25, 0.3) is 11.8 Å². The molecule has 0 fully saturated rings. The van der Waals surface area contributed by atoms with Gasteiger partial charge < -0.3 is 25.8 Å². The first-order valence-corrected chi connectivity index (χ1v) is 13.0. The summed E-state index contributed by atoms with van der Waals surface area (Å²) < 4.78 is 11.7. The summed E-state index contributed by atoms with van der Waals surface area (Å²) >= 11 is 0. The summed E-state index contributed by atoms with van der Waals surface area (Å²) in [5.41, 5.74) is 8.00. The lowest BCUT2D eigenvalue weighted by molar-refractivity contribution is -0.152. The van der Waals surface area contributed by atoms with Crippen LogP contribution in [0, 0.1) is 13.8 Å². The van der Waals surface area contributed by atoms with Crippen LogP contribution in [0.5, 0.6) is 0 Å². The van der Waals surface area contributed by atoms with Crippen LogP contribution < -0.4 is 21.3 Å². The number of hydrogen-bond acceptors (Lipinski definition) is 9. The molecule has 2 heterocycles. The highest BCUT2D eigenvalue weighted by molar-refractivity contribution is 6.04. The van der Waals surface area contributed by atoms with Gasteiger partial charge in [-0.05, 0) is 56.9 Å². The number of fused-ring (bicyclic) bond motifs is 1. The molecule has 2 aromatic heterocycles. The van der Waals surface area contributed by atoms with E-state index in [1.165, 1.54) is 17.8 Å². The predicted octanol–water partition coefficient (Wildman–Crippen LogP) is 2.75. The number of rotatable bonds is 11. The normalized spacial score (nSPS) is 11.6. The van der Waals surface area contributed by atoms with E-state index < -0.39 is 24.9 Å². The van der Waals surface area contributed by atoms with E-state index in [4.69, 9.17) is 15.2 Å². The van der Waals surface area contributed by atoms with Crippen LogP contribution in [0.3, 0.4) is 0 Å². The molecule has 4 N–H and O–H groups in total. The summed E-state index contributed by atoms with van der Waals surface area (Å²) in [5, 5.41) is 9.88. The van der Waals surface area contributed by atoms with Gasteiger partial charge in [-0.15, -0.1) is 0 Å². The van der Waals surface area contributed by atoms with Crippen molar-refractivity contribution >= 4 is 40.9 Å². The van der Waals surface area contributed by atoms with Gasteiger partial charge in [-0.25, -0.2) is 19.2 Å². The fourth-order valence-corrected chi connectivity index (χ4v) is 3.83. The van der Waals surface area contributed by atoms with E-state index in [2.05, 4.69) is 20.7 Å². The second-order valence-corrected chi connectivity index (χ2v) is 9.17. The molecular formula is C27H35N7O6. The highest BCUT2D eigenvalue weighted by Gasteiger charge is 2.29. The Labute approximate surface area is 232 Å². The van der Waals surface area contributed by atoms with E-state index in [9.17, 15) is 19.2 Å². The predicted molar refractivity (Wildman–Crippen MR) is 147 cm³/mol. The Bertz CT molecular complexity index is 1400. The molecule has 0 aliphatic heterocycles. The third-order valence-electron chi connectivity index (χ3n) is 5.99. The largest absolute Gasteiger partial charge is 0.427 e. The summed E-state index contributed by atoms with van der Waals surface area (Å²) in [6.45, 7) is 9.08. The zero-order valence-corrected chi connectivity index (χ0v) is 23.3. The van der Waals surface area contributed by atoms with E-state index in [0.29, 0.717) is 46.5 Å². The van der Waals surface area contributed by atoms with Crippen LogP contribution in [0.25, 0.3) is 5.52 Å². The first-order chi connectivity index (χ1) is 19.1. The minimum Gasteiger partial charge on any atom is -0.427 e. The summed E-state index contributed by atoms with van der Waals surface area (Å²) in [6.07, 6.45) is 3.36. The van der Waals surface area contributed by atoms with Gasteiger partial charge in [0.1, 0.15) is 17.9 Å². The zero-order chi connectivity index (χ0) is 29.4. The molecule has 13 heteroatoms. The van der Waals surface area contributed by atoms with E-state index in [-0.39, 0.29) is 17.6 Å². The number of nitrogens with one attached hydrogen (secondary N) is 2. The van der Waals surface area contributed by atoms with Crippen molar-refractivity contribution in [1.29, 1.82) is 0 Å². The lowest BCUT2D eigenvalue weighted by atomic mass is 10.1. The van der Waals surface area contributed by atoms with Gasteiger partial charge in [-0.1, -0.05) is 19.9 Å². The Hall–Kier alpha value is -4.52. The molecule has 0 saturated carbocycles. The second kappa shape index (κ2) is 13.5. The quantitative estimate of drug-likeness (QED) is 0.239. The van der Waals surface area contributed by atoms with Gasteiger partial charge in [-0.3, -0.25) is 14.4 Å². The van der Waals surface area contributed by atoms with E-state index in [0.717, 1.165) is 17.7 Å². The van der Waals surface area contributed by atoms with E-state index in [1.54, 1.807) is 38.2 Å². The number of esters is 1. The first-order valence-electron chi connectivity index (χ1n) is 13.0. The number of anilines is 2. The third-order valence-corrected chi connectivity index (χ3v) is 5.99. The Kier molecular flexibility index (Phi) is 10.1. The zero-order valence-electron chi connectivity index (χ0n) is 23.3. The summed E-state index contributed by atoms with van der Waals surface area (Å²) in [6, 6.07) is 3.98. The SMILES string of the molecule is CCCNC(=O)c1ccc(C)c(N(C(=O)OCOC(=O)C(C)N)c2ncnn3cc(C(=O)NCCC)c(C)c23)c1. The standard InChI is InChI=1S/C27H35N7O6/c1-6-10-29-24(35)19-9-8-16(3)21(12-19)34(27(38)40-15-39-26(37)18(5)28)23-22-17(4)20(25(36)30-11-7-2)13-33(22)32-14-31-23/h8-9,12-14,18H,6-7,10-11,15,28H2,1-5H3,(H,29,35)(H,30,36). The van der Waals surface area contributed by atoms with Crippen molar-refractivity contribution < 1.29 is 28.7 Å². The van der Waals surface area contributed by atoms with E-state index >= 15 is 0 Å². The van der Waals surface area contributed by atoms with Crippen molar-refractivity contribution in [3.63, 3.8) is 0 Å². The van der Waals surface area contributed by atoms with Crippen LogP contribution in [-0.2, 0) is 14.3 Å². The molecule has 0 aliphatic carbocycles. The molecule has 214 valence electrons. The molecule has 1 aromatic carbocycles. The number of benzene rings is 1. The maximum Gasteiger partial charge on any atom is 0.423 e. The van der Waals surface area contributed by atoms with Crippen LogP contribution in [0.4, 0.5) is 16.3 Å². The number of nitrogens with two attached hydrogens (primary N) is 1. The molecule has 1 unspecified atom stereocenters. The number of nitrogens with zero attached hydrogens (tertiary/aromatic N) is 4. The number of amides is 3. The Morgan fingerprint density at radius 2 is 1.73 bits per heavy atom. The van der Waals surface area contributed by atoms with E-state index in [1.807, 2.05) is 13.8 Å². The maximum absolute atomic E-state index is 13.6. The number of ether oxygens (including phenoxy) is 2. The number of carbonyl (C=O) groups excluding carboxylic acids is 4. The maximum atomic E-state index is 13.6. The lowest BCUT2D eigenvalue weighted by Gasteiger charge is -2.24. The average Bonchev–Trinajstić information content (AvgIpc) is 3.28. The van der Waals surface area contributed by atoms with Gasteiger partial charge in [0.2, 0.25) is 6.79 Å². The first kappa shape index (κ1) is 30.0. The van der Waals surface area contributed by atoms with Crippen LogP contribution >= 0.6 is 0 Å². The summed E-state index contributed by atoms with van der Waals surface area (Å²) in [5.74, 6) is -1.26. The number of aryl methyl sites for hydroxylation is 2. The molecule has 3 aromatic rings. The molecule has 40 heavy (non-hydrogen) atoms. The molecular weight excluding hydrogens is 518 g/mol.